The summed E-state index contributed by atoms with van der Waals surface area (Å²) in [6.45, 7) is 4.87. The zero-order valence-electron chi connectivity index (χ0n) is 9.70. The molecule has 2 heterocycles. The maximum absolute atomic E-state index is 10.9. The van der Waals surface area contributed by atoms with E-state index >= 15 is 0 Å². The van der Waals surface area contributed by atoms with E-state index in [1.807, 2.05) is 12.1 Å². The average Bonchev–Trinajstić information content (AvgIpc) is 2.79. The highest BCUT2D eigenvalue weighted by Gasteiger charge is 2.33. The third kappa shape index (κ3) is 1.33. The molecular weight excluding hydrogens is 218 g/mol. The normalized spacial score (nSPS) is 16.8. The van der Waals surface area contributed by atoms with Gasteiger partial charge in [-0.2, -0.15) is 0 Å². The van der Waals surface area contributed by atoms with Gasteiger partial charge in [0.2, 0.25) is 0 Å². The van der Waals surface area contributed by atoms with Crippen LogP contribution in [0.4, 0.5) is 0 Å². The Morgan fingerprint density at radius 1 is 1.47 bits per heavy atom. The highest BCUT2D eigenvalue weighted by Crippen LogP contribution is 2.42. The Morgan fingerprint density at radius 3 is 2.94 bits per heavy atom. The Bertz CT molecular complexity index is 625. The molecule has 3 rings (SSSR count). The molecule has 0 atom stereocenters. The first-order valence-corrected chi connectivity index (χ1v) is 5.51. The van der Waals surface area contributed by atoms with Gasteiger partial charge in [-0.15, -0.1) is 0 Å². The van der Waals surface area contributed by atoms with Crippen molar-refractivity contribution in [2.24, 2.45) is 0 Å². The number of carbonyl (C=O) groups is 1. The molecule has 4 heteroatoms. The highest BCUT2D eigenvalue weighted by molar-refractivity contribution is 5.97. The van der Waals surface area contributed by atoms with Gasteiger partial charge in [-0.3, -0.25) is 0 Å². The summed E-state index contributed by atoms with van der Waals surface area (Å²) in [6.07, 6.45) is 0. The Hall–Kier alpha value is -1.97. The van der Waals surface area contributed by atoms with E-state index in [0.29, 0.717) is 6.61 Å². The van der Waals surface area contributed by atoms with Crippen LogP contribution in [-0.4, -0.2) is 22.7 Å². The van der Waals surface area contributed by atoms with Gasteiger partial charge in [-0.05, 0) is 12.1 Å². The van der Waals surface area contributed by atoms with Crippen molar-refractivity contribution in [1.82, 2.24) is 4.98 Å². The van der Waals surface area contributed by atoms with Gasteiger partial charge in [0.15, 0.2) is 0 Å². The van der Waals surface area contributed by atoms with Crippen LogP contribution < -0.4 is 4.74 Å². The molecule has 1 aromatic carbocycles. The van der Waals surface area contributed by atoms with Crippen LogP contribution in [0.1, 0.15) is 29.9 Å². The van der Waals surface area contributed by atoms with Crippen LogP contribution in [-0.2, 0) is 5.41 Å². The monoisotopic (exact) mass is 231 g/mol. The first-order valence-electron chi connectivity index (χ1n) is 5.51. The first kappa shape index (κ1) is 10.2. The van der Waals surface area contributed by atoms with Crippen molar-refractivity contribution < 1.29 is 14.6 Å². The molecule has 1 aliphatic rings. The number of aromatic nitrogens is 1. The minimum absolute atomic E-state index is 0.00974. The van der Waals surface area contributed by atoms with Crippen molar-refractivity contribution in [3.8, 4) is 5.75 Å². The number of hydrogen-bond acceptors (Lipinski definition) is 2. The quantitative estimate of drug-likeness (QED) is 0.792. The molecule has 1 aliphatic heterocycles. The lowest BCUT2D eigenvalue weighted by molar-refractivity contribution is 0.0691. The molecule has 17 heavy (non-hydrogen) atoms. The molecule has 0 saturated heterocycles. The summed E-state index contributed by atoms with van der Waals surface area (Å²) in [5.41, 5.74) is 2.13. The zero-order valence-corrected chi connectivity index (χ0v) is 9.70. The number of rotatable bonds is 1. The fourth-order valence-electron chi connectivity index (χ4n) is 2.31. The Labute approximate surface area is 98.2 Å². The van der Waals surface area contributed by atoms with Crippen molar-refractivity contribution >= 4 is 16.9 Å². The lowest BCUT2D eigenvalue weighted by atomic mass is 9.86. The Kier molecular flexibility index (Phi) is 1.82. The second-order valence-corrected chi connectivity index (χ2v) is 5.06. The first-order chi connectivity index (χ1) is 7.99. The van der Waals surface area contributed by atoms with E-state index in [1.54, 1.807) is 6.07 Å². The fraction of sp³-hybridized carbons (Fsp3) is 0.308. The standard InChI is InChI=1S/C13H13NO3/c1-13(2)6-17-11-7-5-10(12(15)16)14-9(7)4-3-8(11)13/h3-5,14H,6H2,1-2H3,(H,15,16). The van der Waals surface area contributed by atoms with Crippen molar-refractivity contribution in [1.29, 1.82) is 0 Å². The molecule has 0 amide bonds. The van der Waals surface area contributed by atoms with E-state index in [1.165, 1.54) is 0 Å². The van der Waals surface area contributed by atoms with Crippen molar-refractivity contribution in [2.75, 3.05) is 6.61 Å². The van der Waals surface area contributed by atoms with Gasteiger partial charge in [-0.1, -0.05) is 19.9 Å². The molecule has 2 N–H and O–H groups in total. The average molecular weight is 231 g/mol. The summed E-state index contributed by atoms with van der Waals surface area (Å²) >= 11 is 0. The second kappa shape index (κ2) is 3.03. The van der Waals surface area contributed by atoms with Crippen LogP contribution >= 0.6 is 0 Å². The second-order valence-electron chi connectivity index (χ2n) is 5.06. The van der Waals surface area contributed by atoms with Crippen LogP contribution in [0.3, 0.4) is 0 Å². The molecule has 4 nitrogen and oxygen atoms in total. The van der Waals surface area contributed by atoms with Crippen molar-refractivity contribution in [3.63, 3.8) is 0 Å². The molecule has 0 unspecified atom stereocenters. The van der Waals surface area contributed by atoms with Gasteiger partial charge in [-0.25, -0.2) is 4.79 Å². The number of aromatic carboxylic acids is 1. The van der Waals surface area contributed by atoms with E-state index in [9.17, 15) is 4.79 Å². The fourth-order valence-corrected chi connectivity index (χ4v) is 2.31. The largest absolute Gasteiger partial charge is 0.492 e. The van der Waals surface area contributed by atoms with Crippen LogP contribution in [0.25, 0.3) is 10.9 Å². The van der Waals surface area contributed by atoms with E-state index in [4.69, 9.17) is 9.84 Å². The molecule has 88 valence electrons. The number of fused-ring (bicyclic) bond motifs is 3. The maximum atomic E-state index is 10.9. The third-order valence-corrected chi connectivity index (χ3v) is 3.29. The molecule has 2 aromatic rings. The summed E-state index contributed by atoms with van der Waals surface area (Å²) in [5, 5.41) is 9.82. The molecule has 0 radical (unpaired) electrons. The number of H-pyrrole nitrogens is 1. The van der Waals surface area contributed by atoms with Gasteiger partial charge in [0.05, 0.1) is 6.61 Å². The lowest BCUT2D eigenvalue weighted by Gasteiger charge is -2.14. The molecule has 0 spiro atoms. The summed E-state index contributed by atoms with van der Waals surface area (Å²) in [7, 11) is 0. The molecule has 0 saturated carbocycles. The molecular formula is C13H13NO3. The topological polar surface area (TPSA) is 62.3 Å². The lowest BCUT2D eigenvalue weighted by Crippen LogP contribution is -2.18. The van der Waals surface area contributed by atoms with Crippen molar-refractivity contribution in [2.45, 2.75) is 19.3 Å². The minimum Gasteiger partial charge on any atom is -0.492 e. The number of benzene rings is 1. The molecule has 0 aliphatic carbocycles. The van der Waals surface area contributed by atoms with Crippen molar-refractivity contribution in [3.05, 3.63) is 29.5 Å². The summed E-state index contributed by atoms with van der Waals surface area (Å²) in [6, 6.07) is 5.56. The van der Waals surface area contributed by atoms with Crippen LogP contribution in [0.15, 0.2) is 18.2 Å². The third-order valence-electron chi connectivity index (χ3n) is 3.29. The smallest absolute Gasteiger partial charge is 0.352 e. The number of carboxylic acids is 1. The highest BCUT2D eigenvalue weighted by atomic mass is 16.5. The van der Waals surface area contributed by atoms with Crippen LogP contribution in [0.2, 0.25) is 0 Å². The van der Waals surface area contributed by atoms with Gasteiger partial charge in [0.1, 0.15) is 11.4 Å². The number of hydrogen-bond donors (Lipinski definition) is 2. The predicted octanol–water partition coefficient (Wildman–Crippen LogP) is 2.54. The number of aromatic amines is 1. The number of nitrogens with one attached hydrogen (secondary N) is 1. The zero-order chi connectivity index (χ0) is 12.2. The predicted molar refractivity (Wildman–Crippen MR) is 63.8 cm³/mol. The summed E-state index contributed by atoms with van der Waals surface area (Å²) < 4.78 is 5.71. The van der Waals surface area contributed by atoms with Crippen LogP contribution in [0.5, 0.6) is 5.75 Å². The number of ether oxygens (including phenoxy) is 1. The molecule has 0 bridgehead atoms. The van der Waals surface area contributed by atoms with E-state index < -0.39 is 5.97 Å². The van der Waals surface area contributed by atoms with E-state index in [2.05, 4.69) is 18.8 Å². The van der Waals surface area contributed by atoms with Gasteiger partial charge in [0.25, 0.3) is 0 Å². The molecule has 1 aromatic heterocycles. The molecule has 0 fully saturated rings. The van der Waals surface area contributed by atoms with Crippen LogP contribution in [0, 0.1) is 0 Å². The van der Waals surface area contributed by atoms with Gasteiger partial charge >= 0.3 is 5.97 Å². The van der Waals surface area contributed by atoms with E-state index in [0.717, 1.165) is 22.2 Å². The summed E-state index contributed by atoms with van der Waals surface area (Å²) in [5.74, 6) is -0.136. The number of carboxylic acid groups (broad SMARTS) is 1. The summed E-state index contributed by atoms with van der Waals surface area (Å²) in [4.78, 5) is 13.8. The van der Waals surface area contributed by atoms with Gasteiger partial charge < -0.3 is 14.8 Å². The van der Waals surface area contributed by atoms with Gasteiger partial charge in [0, 0.05) is 21.9 Å². The minimum atomic E-state index is -0.952. The SMILES string of the molecule is CC1(C)COc2c1ccc1[nH]c(C(=O)O)cc21. The Morgan fingerprint density at radius 2 is 2.24 bits per heavy atom. The maximum Gasteiger partial charge on any atom is 0.352 e. The Balaban J connectivity index is 2.29. The van der Waals surface area contributed by atoms with E-state index in [-0.39, 0.29) is 11.1 Å².